The first kappa shape index (κ1) is 13.1. The minimum absolute atomic E-state index is 0.139. The molecule has 0 bridgehead atoms. The lowest BCUT2D eigenvalue weighted by atomic mass is 10.1. The summed E-state index contributed by atoms with van der Waals surface area (Å²) in [5.74, 6) is 0.612. The number of nitrogens with one attached hydrogen (secondary N) is 1. The SMILES string of the molecule is CCc1nc(-c2ccc3ccccc3c2)[nH]c(=O)c1Br. The van der Waals surface area contributed by atoms with E-state index in [0.717, 1.165) is 16.6 Å². The van der Waals surface area contributed by atoms with Gasteiger partial charge in [-0.2, -0.15) is 0 Å². The summed E-state index contributed by atoms with van der Waals surface area (Å²) in [5, 5.41) is 2.31. The van der Waals surface area contributed by atoms with E-state index in [-0.39, 0.29) is 5.56 Å². The molecule has 0 radical (unpaired) electrons. The third-order valence-corrected chi connectivity index (χ3v) is 4.11. The van der Waals surface area contributed by atoms with Crippen LogP contribution in [-0.4, -0.2) is 9.97 Å². The molecule has 1 aromatic heterocycles. The Labute approximate surface area is 124 Å². The summed E-state index contributed by atoms with van der Waals surface area (Å²) < 4.78 is 0.518. The summed E-state index contributed by atoms with van der Waals surface area (Å²) in [6, 6.07) is 14.2. The second-order valence-corrected chi connectivity index (χ2v) is 5.38. The van der Waals surface area contributed by atoms with Crippen LogP contribution in [0, 0.1) is 0 Å². The molecule has 0 saturated carbocycles. The zero-order chi connectivity index (χ0) is 14.1. The van der Waals surface area contributed by atoms with E-state index in [1.54, 1.807) is 0 Å². The van der Waals surface area contributed by atoms with Gasteiger partial charge in [0, 0.05) is 5.56 Å². The molecule has 3 nitrogen and oxygen atoms in total. The van der Waals surface area contributed by atoms with Gasteiger partial charge in [0.1, 0.15) is 10.3 Å². The number of H-pyrrole nitrogens is 1. The molecule has 0 atom stereocenters. The highest BCUT2D eigenvalue weighted by molar-refractivity contribution is 9.10. The van der Waals surface area contributed by atoms with Crippen LogP contribution in [0.25, 0.3) is 22.2 Å². The normalized spacial score (nSPS) is 10.9. The lowest BCUT2D eigenvalue weighted by Crippen LogP contribution is -2.13. The Balaban J connectivity index is 2.20. The van der Waals surface area contributed by atoms with E-state index >= 15 is 0 Å². The highest BCUT2D eigenvalue weighted by atomic mass is 79.9. The quantitative estimate of drug-likeness (QED) is 0.775. The minimum Gasteiger partial charge on any atom is -0.306 e. The summed E-state index contributed by atoms with van der Waals surface area (Å²) in [7, 11) is 0. The van der Waals surface area contributed by atoms with Crippen LogP contribution < -0.4 is 5.56 Å². The predicted molar refractivity (Wildman–Crippen MR) is 84.9 cm³/mol. The van der Waals surface area contributed by atoms with E-state index in [2.05, 4.69) is 38.0 Å². The van der Waals surface area contributed by atoms with Crippen molar-refractivity contribution in [2.45, 2.75) is 13.3 Å². The van der Waals surface area contributed by atoms with E-state index in [9.17, 15) is 4.79 Å². The Morgan fingerprint density at radius 2 is 1.90 bits per heavy atom. The lowest BCUT2D eigenvalue weighted by Gasteiger charge is -2.06. The van der Waals surface area contributed by atoms with E-state index in [1.165, 1.54) is 5.39 Å². The second-order valence-electron chi connectivity index (χ2n) is 4.59. The van der Waals surface area contributed by atoms with E-state index in [1.807, 2.05) is 37.3 Å². The second kappa shape index (κ2) is 5.21. The fourth-order valence-electron chi connectivity index (χ4n) is 2.21. The highest BCUT2D eigenvalue weighted by Gasteiger charge is 2.09. The molecular formula is C16H13BrN2O. The molecule has 4 heteroatoms. The smallest absolute Gasteiger partial charge is 0.265 e. The molecule has 0 saturated heterocycles. The van der Waals surface area contributed by atoms with Crippen LogP contribution in [0.1, 0.15) is 12.6 Å². The van der Waals surface area contributed by atoms with Crippen LogP contribution in [-0.2, 0) is 6.42 Å². The van der Waals surface area contributed by atoms with Gasteiger partial charge in [-0.1, -0.05) is 43.3 Å². The number of nitrogens with zero attached hydrogens (tertiary/aromatic N) is 1. The third kappa shape index (κ3) is 2.27. The van der Waals surface area contributed by atoms with Gasteiger partial charge in [-0.3, -0.25) is 4.79 Å². The Bertz CT molecular complexity index is 839. The molecule has 3 aromatic rings. The van der Waals surface area contributed by atoms with Crippen molar-refractivity contribution < 1.29 is 0 Å². The molecule has 0 unspecified atom stereocenters. The minimum atomic E-state index is -0.139. The molecule has 0 aliphatic heterocycles. The zero-order valence-electron chi connectivity index (χ0n) is 11.0. The van der Waals surface area contributed by atoms with Crippen molar-refractivity contribution in [3.05, 3.63) is 63.0 Å². The van der Waals surface area contributed by atoms with Gasteiger partial charge in [-0.05, 0) is 39.2 Å². The number of rotatable bonds is 2. The van der Waals surface area contributed by atoms with Gasteiger partial charge in [0.2, 0.25) is 0 Å². The van der Waals surface area contributed by atoms with E-state index in [0.29, 0.717) is 16.7 Å². The summed E-state index contributed by atoms with van der Waals surface area (Å²) in [4.78, 5) is 19.3. The molecule has 0 fully saturated rings. The Morgan fingerprint density at radius 1 is 1.15 bits per heavy atom. The fourth-order valence-corrected chi connectivity index (χ4v) is 2.68. The first-order chi connectivity index (χ1) is 9.69. The number of fused-ring (bicyclic) bond motifs is 1. The van der Waals surface area contributed by atoms with Crippen LogP contribution in [0.2, 0.25) is 0 Å². The standard InChI is InChI=1S/C16H13BrN2O/c1-2-13-14(17)16(20)19-15(18-13)12-8-7-10-5-3-4-6-11(10)9-12/h3-9H,2H2,1H3,(H,18,19,20). The zero-order valence-corrected chi connectivity index (χ0v) is 12.6. The molecule has 0 amide bonds. The largest absolute Gasteiger partial charge is 0.306 e. The number of hydrogen-bond donors (Lipinski definition) is 1. The summed E-state index contributed by atoms with van der Waals surface area (Å²) >= 11 is 3.28. The van der Waals surface area contributed by atoms with E-state index < -0.39 is 0 Å². The Kier molecular flexibility index (Phi) is 3.40. The molecule has 20 heavy (non-hydrogen) atoms. The molecule has 3 rings (SSSR count). The maximum absolute atomic E-state index is 11.9. The van der Waals surface area contributed by atoms with Crippen molar-refractivity contribution in [2.75, 3.05) is 0 Å². The Morgan fingerprint density at radius 3 is 2.65 bits per heavy atom. The van der Waals surface area contributed by atoms with Crippen LogP contribution in [0.3, 0.4) is 0 Å². The molecule has 0 aliphatic carbocycles. The van der Waals surface area contributed by atoms with Gasteiger partial charge in [-0.25, -0.2) is 4.98 Å². The number of aromatic nitrogens is 2. The Hall–Kier alpha value is -1.94. The van der Waals surface area contributed by atoms with E-state index in [4.69, 9.17) is 0 Å². The first-order valence-electron chi connectivity index (χ1n) is 6.47. The van der Waals surface area contributed by atoms with Crippen LogP contribution in [0.15, 0.2) is 51.7 Å². The average molecular weight is 329 g/mol. The first-order valence-corrected chi connectivity index (χ1v) is 7.26. The van der Waals surface area contributed by atoms with Crippen molar-refractivity contribution in [1.29, 1.82) is 0 Å². The highest BCUT2D eigenvalue weighted by Crippen LogP contribution is 2.22. The van der Waals surface area contributed by atoms with Crippen LogP contribution in [0.4, 0.5) is 0 Å². The molecular weight excluding hydrogens is 316 g/mol. The van der Waals surface area contributed by atoms with Gasteiger partial charge < -0.3 is 4.98 Å². The maximum Gasteiger partial charge on any atom is 0.265 e. The molecule has 1 N–H and O–H groups in total. The van der Waals surface area contributed by atoms with Crippen molar-refractivity contribution in [2.24, 2.45) is 0 Å². The summed E-state index contributed by atoms with van der Waals surface area (Å²) in [6.07, 6.45) is 0.713. The molecule has 1 heterocycles. The van der Waals surface area contributed by atoms with Gasteiger partial charge in [-0.15, -0.1) is 0 Å². The summed E-state index contributed by atoms with van der Waals surface area (Å²) in [5.41, 5.74) is 1.56. The number of aryl methyl sites for hydroxylation is 1. The average Bonchev–Trinajstić information content (AvgIpc) is 2.49. The van der Waals surface area contributed by atoms with Crippen LogP contribution in [0.5, 0.6) is 0 Å². The third-order valence-electron chi connectivity index (χ3n) is 3.29. The van der Waals surface area contributed by atoms with Gasteiger partial charge in [0.05, 0.1) is 5.69 Å². The molecule has 2 aromatic carbocycles. The molecule has 0 spiro atoms. The molecule has 0 aliphatic rings. The number of benzene rings is 2. The monoisotopic (exact) mass is 328 g/mol. The molecule has 100 valence electrons. The van der Waals surface area contributed by atoms with Crippen molar-refractivity contribution in [3.63, 3.8) is 0 Å². The van der Waals surface area contributed by atoms with Crippen LogP contribution >= 0.6 is 15.9 Å². The maximum atomic E-state index is 11.9. The van der Waals surface area contributed by atoms with Gasteiger partial charge in [0.15, 0.2) is 0 Å². The predicted octanol–water partition coefficient (Wildman–Crippen LogP) is 3.92. The fraction of sp³-hybridized carbons (Fsp3) is 0.125. The van der Waals surface area contributed by atoms with Crippen molar-refractivity contribution in [1.82, 2.24) is 9.97 Å². The van der Waals surface area contributed by atoms with Crippen molar-refractivity contribution in [3.8, 4) is 11.4 Å². The van der Waals surface area contributed by atoms with Crippen molar-refractivity contribution >= 4 is 26.7 Å². The van der Waals surface area contributed by atoms with Gasteiger partial charge >= 0.3 is 0 Å². The lowest BCUT2D eigenvalue weighted by molar-refractivity contribution is 0.970. The summed E-state index contributed by atoms with van der Waals surface area (Å²) in [6.45, 7) is 1.98. The number of hydrogen-bond acceptors (Lipinski definition) is 2. The number of halogens is 1. The number of aromatic amines is 1. The van der Waals surface area contributed by atoms with Gasteiger partial charge in [0.25, 0.3) is 5.56 Å². The topological polar surface area (TPSA) is 45.8 Å².